The van der Waals surface area contributed by atoms with E-state index in [1.165, 1.54) is 28.8 Å². The van der Waals surface area contributed by atoms with Gasteiger partial charge in [-0.3, -0.25) is 4.79 Å². The Hall–Kier alpha value is -2.97. The summed E-state index contributed by atoms with van der Waals surface area (Å²) in [6, 6.07) is 19.8. The van der Waals surface area contributed by atoms with Crippen LogP contribution in [0.4, 0.5) is 5.69 Å². The molecule has 1 amide bonds. The molecule has 8 heteroatoms. The lowest BCUT2D eigenvalue weighted by molar-refractivity contribution is 0.0954. The molecule has 4 aromatic rings. The van der Waals surface area contributed by atoms with E-state index in [-0.39, 0.29) is 5.91 Å². The maximum absolute atomic E-state index is 13.0. The van der Waals surface area contributed by atoms with Crippen molar-refractivity contribution in [2.45, 2.75) is 22.7 Å². The first-order valence-electron chi connectivity index (χ1n) is 10.0. The Bertz CT molecular complexity index is 1180. The minimum absolute atomic E-state index is 0.0868. The first-order chi connectivity index (χ1) is 15.1. The van der Waals surface area contributed by atoms with Crippen molar-refractivity contribution in [1.29, 1.82) is 0 Å². The van der Waals surface area contributed by atoms with Crippen molar-refractivity contribution in [2.24, 2.45) is 0 Å². The van der Waals surface area contributed by atoms with Crippen LogP contribution in [0.1, 0.15) is 21.8 Å². The summed E-state index contributed by atoms with van der Waals surface area (Å²) in [6.45, 7) is 3.38. The summed E-state index contributed by atoms with van der Waals surface area (Å²) in [5.41, 5.74) is 2.59. The molecule has 2 aromatic heterocycles. The molecule has 4 rings (SSSR count). The zero-order chi connectivity index (χ0) is 21.6. The van der Waals surface area contributed by atoms with Gasteiger partial charge in [-0.1, -0.05) is 47.7 Å². The van der Waals surface area contributed by atoms with Gasteiger partial charge in [-0.15, -0.1) is 10.2 Å². The van der Waals surface area contributed by atoms with Crippen molar-refractivity contribution < 1.29 is 4.79 Å². The molecular weight excluding hydrogens is 426 g/mol. The molecule has 1 N–H and O–H groups in total. The fourth-order valence-corrected chi connectivity index (χ4v) is 5.01. The van der Waals surface area contributed by atoms with Gasteiger partial charge >= 0.3 is 0 Å². The number of pyridine rings is 1. The third-order valence-corrected chi connectivity index (χ3v) is 6.60. The van der Waals surface area contributed by atoms with Crippen molar-refractivity contribution in [1.82, 2.24) is 20.5 Å². The van der Waals surface area contributed by atoms with Crippen LogP contribution in [0.5, 0.6) is 0 Å². The quantitative estimate of drug-likeness (QED) is 0.390. The van der Waals surface area contributed by atoms with Gasteiger partial charge in [0.15, 0.2) is 4.34 Å². The minimum Gasteiger partial charge on any atom is -0.375 e. The largest absolute Gasteiger partial charge is 0.375 e. The number of anilines is 1. The second kappa shape index (κ2) is 9.89. The third-order valence-electron chi connectivity index (χ3n) is 4.79. The second-order valence-corrected chi connectivity index (χ2v) is 9.53. The first-order valence-corrected chi connectivity index (χ1v) is 11.7. The minimum atomic E-state index is -0.0868. The molecule has 2 aromatic carbocycles. The summed E-state index contributed by atoms with van der Waals surface area (Å²) >= 11 is 2.95. The number of nitrogens with one attached hydrogen (secondary N) is 1. The van der Waals surface area contributed by atoms with Crippen LogP contribution in [0.15, 0.2) is 70.0 Å². The Morgan fingerprint density at radius 3 is 2.65 bits per heavy atom. The average Bonchev–Trinajstić information content (AvgIpc) is 3.20. The predicted octanol–water partition coefficient (Wildman–Crippen LogP) is 4.80. The van der Waals surface area contributed by atoms with E-state index in [0.29, 0.717) is 12.1 Å². The maximum atomic E-state index is 13.0. The Kier molecular flexibility index (Phi) is 6.79. The molecule has 0 saturated heterocycles. The Labute approximate surface area is 189 Å². The molecule has 6 nitrogen and oxygen atoms in total. The Balaban J connectivity index is 1.44. The Morgan fingerprint density at radius 1 is 1.10 bits per heavy atom. The topological polar surface area (TPSA) is 71.0 Å². The second-order valence-electron chi connectivity index (χ2n) is 7.08. The number of benzene rings is 2. The molecule has 0 aliphatic rings. The number of hydrogen-bond donors (Lipinski definition) is 1. The van der Waals surface area contributed by atoms with Crippen LogP contribution in [0.2, 0.25) is 0 Å². The molecule has 0 fully saturated rings. The van der Waals surface area contributed by atoms with Gasteiger partial charge in [-0.05, 0) is 49.4 Å². The van der Waals surface area contributed by atoms with Crippen molar-refractivity contribution in [3.05, 3.63) is 71.2 Å². The predicted molar refractivity (Wildman–Crippen MR) is 127 cm³/mol. The maximum Gasteiger partial charge on any atom is 0.252 e. The monoisotopic (exact) mass is 449 g/mol. The zero-order valence-corrected chi connectivity index (χ0v) is 19.0. The van der Waals surface area contributed by atoms with Crippen LogP contribution in [0, 0.1) is 6.92 Å². The van der Waals surface area contributed by atoms with Gasteiger partial charge in [0.05, 0.1) is 11.1 Å². The van der Waals surface area contributed by atoms with Crippen LogP contribution in [-0.4, -0.2) is 41.2 Å². The summed E-state index contributed by atoms with van der Waals surface area (Å²) in [5.74, 6) is -0.0868. The highest BCUT2D eigenvalue weighted by Crippen LogP contribution is 2.31. The average molecular weight is 450 g/mol. The summed E-state index contributed by atoms with van der Waals surface area (Å²) < 4.78 is 0.815. The van der Waals surface area contributed by atoms with Crippen LogP contribution in [0.25, 0.3) is 10.9 Å². The van der Waals surface area contributed by atoms with Crippen molar-refractivity contribution in [3.8, 4) is 0 Å². The van der Waals surface area contributed by atoms with Gasteiger partial charge in [0.1, 0.15) is 10.0 Å². The molecule has 0 unspecified atom stereocenters. The molecule has 0 bridgehead atoms. The Morgan fingerprint density at radius 2 is 1.87 bits per heavy atom. The highest BCUT2D eigenvalue weighted by molar-refractivity contribution is 8.01. The molecule has 31 heavy (non-hydrogen) atoms. The van der Waals surface area contributed by atoms with Gasteiger partial charge in [-0.25, -0.2) is 4.98 Å². The van der Waals surface area contributed by atoms with Gasteiger partial charge in [0.2, 0.25) is 0 Å². The summed E-state index contributed by atoms with van der Waals surface area (Å²) in [7, 11) is 2.06. The fourth-order valence-electron chi connectivity index (χ4n) is 3.23. The highest BCUT2D eigenvalue weighted by atomic mass is 32.2. The fraction of sp³-hybridized carbons (Fsp3) is 0.217. The van der Waals surface area contributed by atoms with Crippen LogP contribution >= 0.6 is 23.1 Å². The normalized spacial score (nSPS) is 10.9. The van der Waals surface area contributed by atoms with E-state index in [1.807, 2.05) is 55.5 Å². The lowest BCUT2D eigenvalue weighted by atomic mass is 10.1. The van der Waals surface area contributed by atoms with E-state index in [0.717, 1.165) is 38.2 Å². The number of fused-ring (bicyclic) bond motifs is 1. The standard InChI is InChI=1S/C23H23N5OS2/c1-16-26-27-23(30-16)31-21-15-19(18-11-6-7-12-20(18)25-21)22(29)24-13-8-14-28(2)17-9-4-3-5-10-17/h3-7,9-12,15H,8,13-14H2,1-2H3,(H,24,29). The first kappa shape index (κ1) is 21.3. The van der Waals surface area contributed by atoms with Crippen LogP contribution in [0.3, 0.4) is 0 Å². The number of rotatable bonds is 8. The number of carbonyl (C=O) groups excluding carboxylic acids is 1. The smallest absolute Gasteiger partial charge is 0.252 e. The van der Waals surface area contributed by atoms with E-state index >= 15 is 0 Å². The number of aryl methyl sites for hydroxylation is 1. The van der Waals surface area contributed by atoms with E-state index in [4.69, 9.17) is 4.98 Å². The number of para-hydroxylation sites is 2. The molecule has 0 saturated carbocycles. The highest BCUT2D eigenvalue weighted by Gasteiger charge is 2.14. The van der Waals surface area contributed by atoms with Gasteiger partial charge < -0.3 is 10.2 Å². The van der Waals surface area contributed by atoms with Crippen LogP contribution < -0.4 is 10.2 Å². The number of amides is 1. The molecule has 0 atom stereocenters. The van der Waals surface area contributed by atoms with E-state index in [2.05, 4.69) is 39.6 Å². The summed E-state index contributed by atoms with van der Waals surface area (Å²) in [6.07, 6.45) is 0.853. The van der Waals surface area contributed by atoms with Crippen molar-refractivity contribution >= 4 is 45.6 Å². The summed E-state index contributed by atoms with van der Waals surface area (Å²) in [4.78, 5) is 19.9. The van der Waals surface area contributed by atoms with Gasteiger partial charge in [-0.2, -0.15) is 0 Å². The number of aromatic nitrogens is 3. The molecule has 0 spiro atoms. The third kappa shape index (κ3) is 5.39. The van der Waals surface area contributed by atoms with E-state index in [9.17, 15) is 4.79 Å². The van der Waals surface area contributed by atoms with E-state index in [1.54, 1.807) is 0 Å². The molecule has 158 valence electrons. The summed E-state index contributed by atoms with van der Waals surface area (Å²) in [5, 5.41) is 13.8. The zero-order valence-electron chi connectivity index (χ0n) is 17.4. The molecule has 2 heterocycles. The SMILES string of the molecule is Cc1nnc(Sc2cc(C(=O)NCCCN(C)c3ccccc3)c3ccccc3n2)s1. The van der Waals surface area contributed by atoms with Crippen molar-refractivity contribution in [3.63, 3.8) is 0 Å². The lowest BCUT2D eigenvalue weighted by Crippen LogP contribution is -2.28. The molecule has 0 aliphatic carbocycles. The van der Waals surface area contributed by atoms with Gasteiger partial charge in [0, 0.05) is 31.2 Å². The van der Waals surface area contributed by atoms with Gasteiger partial charge in [0.25, 0.3) is 5.91 Å². The number of nitrogens with zero attached hydrogens (tertiary/aromatic N) is 4. The number of hydrogen-bond acceptors (Lipinski definition) is 7. The number of carbonyl (C=O) groups is 1. The molecular formula is C23H23N5OS2. The molecule has 0 radical (unpaired) electrons. The lowest BCUT2D eigenvalue weighted by Gasteiger charge is -2.19. The van der Waals surface area contributed by atoms with E-state index < -0.39 is 0 Å². The van der Waals surface area contributed by atoms with Crippen molar-refractivity contribution in [2.75, 3.05) is 25.0 Å². The van der Waals surface area contributed by atoms with Crippen LogP contribution in [-0.2, 0) is 0 Å². The molecule has 0 aliphatic heterocycles.